The molecule has 2 aromatic carbocycles. The Bertz CT molecular complexity index is 1110. The van der Waals surface area contributed by atoms with E-state index in [1.54, 1.807) is 36.4 Å². The summed E-state index contributed by atoms with van der Waals surface area (Å²) in [6.45, 7) is 2.85. The summed E-state index contributed by atoms with van der Waals surface area (Å²) in [5.74, 6) is 0.123. The van der Waals surface area contributed by atoms with E-state index in [9.17, 15) is 12.8 Å². The molecule has 0 radical (unpaired) electrons. The number of aromatic nitrogens is 1. The van der Waals surface area contributed by atoms with Crippen LogP contribution in [0.4, 0.5) is 4.39 Å². The summed E-state index contributed by atoms with van der Waals surface area (Å²) in [6.07, 6.45) is 3.06. The SMILES string of the molecule is CCCCOc1nc(-c2ccc(F)cc2)c(-c2ccc(S(C)(=O)=O)cc2)cc1CN. The molecule has 0 unspecified atom stereocenters. The van der Waals surface area contributed by atoms with Crippen LogP contribution in [0.2, 0.25) is 0 Å². The van der Waals surface area contributed by atoms with E-state index in [4.69, 9.17) is 15.5 Å². The number of hydrogen-bond acceptors (Lipinski definition) is 5. The highest BCUT2D eigenvalue weighted by atomic mass is 32.2. The first-order chi connectivity index (χ1) is 14.3. The molecule has 30 heavy (non-hydrogen) atoms. The second kappa shape index (κ2) is 9.36. The Morgan fingerprint density at radius 2 is 1.67 bits per heavy atom. The van der Waals surface area contributed by atoms with E-state index in [2.05, 4.69) is 6.92 Å². The van der Waals surface area contributed by atoms with Gasteiger partial charge in [0.25, 0.3) is 0 Å². The van der Waals surface area contributed by atoms with E-state index >= 15 is 0 Å². The Morgan fingerprint density at radius 1 is 1.03 bits per heavy atom. The fourth-order valence-electron chi connectivity index (χ4n) is 3.05. The molecule has 158 valence electrons. The van der Waals surface area contributed by atoms with Gasteiger partial charge in [0, 0.05) is 29.5 Å². The maximum Gasteiger partial charge on any atom is 0.218 e. The predicted octanol–water partition coefficient (Wildman–Crippen LogP) is 4.60. The van der Waals surface area contributed by atoms with Gasteiger partial charge in [0.1, 0.15) is 5.82 Å². The number of ether oxygens (including phenoxy) is 1. The predicted molar refractivity (Wildman–Crippen MR) is 116 cm³/mol. The standard InChI is InChI=1S/C23H25FN2O3S/c1-3-4-13-29-23-18(15-25)14-21(16-7-11-20(12-8-16)30(2,27)28)22(26-23)17-5-9-19(24)10-6-17/h5-12,14H,3-4,13,15,25H2,1-2H3. The van der Waals surface area contributed by atoms with Gasteiger partial charge in [0.05, 0.1) is 17.2 Å². The summed E-state index contributed by atoms with van der Waals surface area (Å²) in [7, 11) is -3.30. The number of rotatable bonds is 8. The van der Waals surface area contributed by atoms with Crippen molar-refractivity contribution in [3.63, 3.8) is 0 Å². The van der Waals surface area contributed by atoms with Crippen LogP contribution in [0, 0.1) is 5.82 Å². The van der Waals surface area contributed by atoms with E-state index < -0.39 is 9.84 Å². The Kier molecular flexibility index (Phi) is 6.84. The van der Waals surface area contributed by atoms with Crippen LogP contribution in [0.15, 0.2) is 59.5 Å². The lowest BCUT2D eigenvalue weighted by atomic mass is 9.97. The van der Waals surface area contributed by atoms with Crippen molar-refractivity contribution in [1.29, 1.82) is 0 Å². The number of nitrogens with two attached hydrogens (primary N) is 1. The molecule has 0 bridgehead atoms. The van der Waals surface area contributed by atoms with Crippen LogP contribution in [0.3, 0.4) is 0 Å². The monoisotopic (exact) mass is 428 g/mol. The fraction of sp³-hybridized carbons (Fsp3) is 0.261. The maximum atomic E-state index is 13.5. The van der Waals surface area contributed by atoms with Crippen molar-refractivity contribution < 1.29 is 17.5 Å². The molecular weight excluding hydrogens is 403 g/mol. The van der Waals surface area contributed by atoms with Crippen LogP contribution in [-0.4, -0.2) is 26.3 Å². The molecule has 1 aromatic heterocycles. The van der Waals surface area contributed by atoms with E-state index in [1.807, 2.05) is 6.07 Å². The third-order valence-electron chi connectivity index (χ3n) is 4.73. The molecule has 3 rings (SSSR count). The van der Waals surface area contributed by atoms with Crippen LogP contribution in [0.25, 0.3) is 22.4 Å². The molecule has 0 saturated heterocycles. The smallest absolute Gasteiger partial charge is 0.218 e. The molecule has 0 fully saturated rings. The quantitative estimate of drug-likeness (QED) is 0.531. The molecule has 0 amide bonds. The molecule has 2 N–H and O–H groups in total. The van der Waals surface area contributed by atoms with Gasteiger partial charge >= 0.3 is 0 Å². The van der Waals surface area contributed by atoms with Crippen molar-refractivity contribution >= 4 is 9.84 Å². The summed E-state index contributed by atoms with van der Waals surface area (Å²) >= 11 is 0. The number of sulfone groups is 1. The van der Waals surface area contributed by atoms with Gasteiger partial charge in [-0.1, -0.05) is 25.5 Å². The van der Waals surface area contributed by atoms with Crippen LogP contribution >= 0.6 is 0 Å². The number of pyridine rings is 1. The van der Waals surface area contributed by atoms with Crippen LogP contribution < -0.4 is 10.5 Å². The normalized spacial score (nSPS) is 11.5. The molecule has 5 nitrogen and oxygen atoms in total. The highest BCUT2D eigenvalue weighted by molar-refractivity contribution is 7.90. The van der Waals surface area contributed by atoms with Gasteiger partial charge in [-0.3, -0.25) is 0 Å². The average Bonchev–Trinajstić information content (AvgIpc) is 2.73. The lowest BCUT2D eigenvalue weighted by Gasteiger charge is -2.16. The van der Waals surface area contributed by atoms with Crippen molar-refractivity contribution in [1.82, 2.24) is 4.98 Å². The second-order valence-corrected chi connectivity index (χ2v) is 9.07. The molecule has 7 heteroatoms. The lowest BCUT2D eigenvalue weighted by Crippen LogP contribution is -2.07. The summed E-state index contributed by atoms with van der Waals surface area (Å²) in [4.78, 5) is 4.96. The summed E-state index contributed by atoms with van der Waals surface area (Å²) in [5, 5.41) is 0. The number of halogens is 1. The molecule has 1 heterocycles. The van der Waals surface area contributed by atoms with Gasteiger partial charge in [0.15, 0.2) is 9.84 Å². The zero-order valence-electron chi connectivity index (χ0n) is 17.1. The molecule has 0 aliphatic carbocycles. The third-order valence-corrected chi connectivity index (χ3v) is 5.86. The minimum absolute atomic E-state index is 0.237. The molecule has 0 atom stereocenters. The number of benzene rings is 2. The van der Waals surface area contributed by atoms with Crippen molar-refractivity contribution in [3.8, 4) is 28.3 Å². The summed E-state index contributed by atoms with van der Waals surface area (Å²) in [6, 6.07) is 14.6. The first-order valence-corrected chi connectivity index (χ1v) is 11.7. The van der Waals surface area contributed by atoms with E-state index in [0.29, 0.717) is 18.2 Å². The van der Waals surface area contributed by atoms with Gasteiger partial charge in [-0.25, -0.2) is 17.8 Å². The van der Waals surface area contributed by atoms with Crippen molar-refractivity contribution in [3.05, 3.63) is 66.0 Å². The highest BCUT2D eigenvalue weighted by Gasteiger charge is 2.16. The van der Waals surface area contributed by atoms with Crippen molar-refractivity contribution in [2.24, 2.45) is 5.73 Å². The Hall–Kier alpha value is -2.77. The van der Waals surface area contributed by atoms with E-state index in [1.165, 1.54) is 18.4 Å². The highest BCUT2D eigenvalue weighted by Crippen LogP contribution is 2.35. The van der Waals surface area contributed by atoms with Crippen LogP contribution in [-0.2, 0) is 16.4 Å². The number of hydrogen-bond donors (Lipinski definition) is 1. The third kappa shape index (κ3) is 5.04. The second-order valence-electron chi connectivity index (χ2n) is 7.06. The van der Waals surface area contributed by atoms with Crippen molar-refractivity contribution in [2.75, 3.05) is 12.9 Å². The first-order valence-electron chi connectivity index (χ1n) is 9.76. The van der Waals surface area contributed by atoms with Gasteiger partial charge in [-0.2, -0.15) is 0 Å². The average molecular weight is 429 g/mol. The topological polar surface area (TPSA) is 82.3 Å². The Morgan fingerprint density at radius 3 is 2.23 bits per heavy atom. The summed E-state index contributed by atoms with van der Waals surface area (Å²) < 4.78 is 42.9. The van der Waals surface area contributed by atoms with E-state index in [0.717, 1.165) is 35.1 Å². The first kappa shape index (κ1) is 21.9. The van der Waals surface area contributed by atoms with Gasteiger partial charge < -0.3 is 10.5 Å². The lowest BCUT2D eigenvalue weighted by molar-refractivity contribution is 0.295. The zero-order valence-corrected chi connectivity index (χ0v) is 17.9. The summed E-state index contributed by atoms with van der Waals surface area (Å²) in [5.41, 5.74) is 9.58. The van der Waals surface area contributed by atoms with Crippen LogP contribution in [0.5, 0.6) is 5.88 Å². The molecule has 0 spiro atoms. The minimum atomic E-state index is -3.30. The Balaban J connectivity index is 2.15. The van der Waals surface area contributed by atoms with Crippen LogP contribution in [0.1, 0.15) is 25.3 Å². The van der Waals surface area contributed by atoms with Crippen molar-refractivity contribution in [2.45, 2.75) is 31.2 Å². The Labute approximate surface area is 176 Å². The molecule has 0 aliphatic rings. The number of nitrogens with zero attached hydrogens (tertiary/aromatic N) is 1. The van der Waals surface area contributed by atoms with Gasteiger partial charge in [-0.15, -0.1) is 0 Å². The fourth-order valence-corrected chi connectivity index (χ4v) is 3.68. The molecule has 3 aromatic rings. The van der Waals surface area contributed by atoms with Gasteiger partial charge in [-0.05, 0) is 54.4 Å². The molecule has 0 saturated carbocycles. The number of unbranched alkanes of at least 4 members (excludes halogenated alkanes) is 1. The largest absolute Gasteiger partial charge is 0.477 e. The maximum absolute atomic E-state index is 13.5. The zero-order chi connectivity index (χ0) is 21.7. The molecule has 0 aliphatic heterocycles. The molecular formula is C23H25FN2O3S. The minimum Gasteiger partial charge on any atom is -0.477 e. The van der Waals surface area contributed by atoms with E-state index in [-0.39, 0.29) is 17.3 Å². The van der Waals surface area contributed by atoms with Gasteiger partial charge in [0.2, 0.25) is 5.88 Å².